The second-order valence-electron chi connectivity index (χ2n) is 9.91. The lowest BCUT2D eigenvalue weighted by Gasteiger charge is -2.13. The van der Waals surface area contributed by atoms with Crippen LogP contribution < -0.4 is 10.9 Å². The van der Waals surface area contributed by atoms with E-state index >= 15 is 0 Å². The Bertz CT molecular complexity index is 1530. The first-order valence-corrected chi connectivity index (χ1v) is 13.0. The maximum Gasteiger partial charge on any atom is 0.261 e. The summed E-state index contributed by atoms with van der Waals surface area (Å²) in [6.07, 6.45) is 8.33. The SMILES string of the molecule is Cc1ccc(-c2nnc3n2CCCCC3)cc1NC(=O)c1ccc2c(=O)n3c(nc2c1)CCCCC3. The van der Waals surface area contributed by atoms with Gasteiger partial charge in [-0.05, 0) is 62.4 Å². The van der Waals surface area contributed by atoms with Crippen LogP contribution in [0.3, 0.4) is 0 Å². The van der Waals surface area contributed by atoms with Gasteiger partial charge < -0.3 is 9.88 Å². The highest BCUT2D eigenvalue weighted by Crippen LogP contribution is 2.27. The van der Waals surface area contributed by atoms with Crippen molar-refractivity contribution in [2.24, 2.45) is 0 Å². The van der Waals surface area contributed by atoms with Gasteiger partial charge in [-0.2, -0.15) is 0 Å². The third-order valence-corrected chi connectivity index (χ3v) is 7.43. The van der Waals surface area contributed by atoms with Crippen LogP contribution in [0.5, 0.6) is 0 Å². The third kappa shape index (κ3) is 4.10. The molecule has 0 fully saturated rings. The molecular weight excluding hydrogens is 452 g/mol. The smallest absolute Gasteiger partial charge is 0.261 e. The van der Waals surface area contributed by atoms with Crippen LogP contribution in [0, 0.1) is 6.92 Å². The maximum atomic E-state index is 13.3. The van der Waals surface area contributed by atoms with Gasteiger partial charge in [-0.3, -0.25) is 14.2 Å². The molecule has 4 heterocycles. The lowest BCUT2D eigenvalue weighted by Crippen LogP contribution is -2.24. The molecule has 4 aromatic rings. The Hall–Kier alpha value is -3.81. The van der Waals surface area contributed by atoms with Crippen LogP contribution in [0.4, 0.5) is 5.69 Å². The van der Waals surface area contributed by atoms with Crippen molar-refractivity contribution < 1.29 is 4.79 Å². The first kappa shape index (κ1) is 22.6. The van der Waals surface area contributed by atoms with Crippen molar-refractivity contribution in [2.45, 2.75) is 71.4 Å². The number of fused-ring (bicyclic) bond motifs is 3. The number of nitrogens with one attached hydrogen (secondary N) is 1. The number of carbonyl (C=O) groups excluding carboxylic acids is 1. The summed E-state index contributed by atoms with van der Waals surface area (Å²) in [6.45, 7) is 3.60. The predicted molar refractivity (Wildman–Crippen MR) is 139 cm³/mol. The van der Waals surface area contributed by atoms with E-state index in [-0.39, 0.29) is 11.5 Å². The molecule has 0 unspecified atom stereocenters. The van der Waals surface area contributed by atoms with E-state index in [0.29, 0.717) is 23.0 Å². The number of nitrogens with zero attached hydrogens (tertiary/aromatic N) is 5. The zero-order chi connectivity index (χ0) is 24.6. The predicted octanol–water partition coefficient (Wildman–Crippen LogP) is 4.67. The van der Waals surface area contributed by atoms with Crippen LogP contribution >= 0.6 is 0 Å². The van der Waals surface area contributed by atoms with E-state index in [9.17, 15) is 9.59 Å². The minimum absolute atomic E-state index is 0.0140. The summed E-state index contributed by atoms with van der Waals surface area (Å²) in [6, 6.07) is 11.2. The molecule has 2 aromatic heterocycles. The van der Waals surface area contributed by atoms with Crippen molar-refractivity contribution in [3.63, 3.8) is 0 Å². The first-order valence-electron chi connectivity index (χ1n) is 13.0. The van der Waals surface area contributed by atoms with Crippen LogP contribution in [0.2, 0.25) is 0 Å². The zero-order valence-corrected chi connectivity index (χ0v) is 20.6. The van der Waals surface area contributed by atoms with Crippen LogP contribution in [-0.4, -0.2) is 30.2 Å². The first-order chi connectivity index (χ1) is 17.6. The normalized spacial score (nSPS) is 15.6. The molecule has 0 saturated carbocycles. The van der Waals surface area contributed by atoms with Crippen molar-refractivity contribution in [1.82, 2.24) is 24.3 Å². The number of rotatable bonds is 3. The Kier molecular flexibility index (Phi) is 5.87. The Morgan fingerprint density at radius 1 is 0.861 bits per heavy atom. The van der Waals surface area contributed by atoms with Gasteiger partial charge in [-0.15, -0.1) is 10.2 Å². The minimum atomic E-state index is -0.228. The monoisotopic (exact) mass is 482 g/mol. The van der Waals surface area contributed by atoms with E-state index in [1.807, 2.05) is 25.1 Å². The Morgan fingerprint density at radius 3 is 2.47 bits per heavy atom. The van der Waals surface area contributed by atoms with Gasteiger partial charge in [0, 0.05) is 42.7 Å². The molecule has 0 aliphatic carbocycles. The highest BCUT2D eigenvalue weighted by molar-refractivity contribution is 6.06. The van der Waals surface area contributed by atoms with E-state index < -0.39 is 0 Å². The van der Waals surface area contributed by atoms with Gasteiger partial charge in [0.05, 0.1) is 10.9 Å². The molecular formula is C28H30N6O2. The lowest BCUT2D eigenvalue weighted by molar-refractivity contribution is 0.102. The van der Waals surface area contributed by atoms with Crippen LogP contribution in [0.25, 0.3) is 22.3 Å². The second-order valence-corrected chi connectivity index (χ2v) is 9.91. The Morgan fingerprint density at radius 2 is 1.64 bits per heavy atom. The molecule has 2 aliphatic rings. The molecule has 8 heteroatoms. The number of carbonyl (C=O) groups is 1. The van der Waals surface area contributed by atoms with E-state index in [1.54, 1.807) is 22.8 Å². The van der Waals surface area contributed by atoms with E-state index in [1.165, 1.54) is 6.42 Å². The second kappa shape index (κ2) is 9.33. The average Bonchev–Trinajstić information content (AvgIpc) is 3.04. The topological polar surface area (TPSA) is 94.7 Å². The van der Waals surface area contributed by atoms with Gasteiger partial charge in [0.15, 0.2) is 5.82 Å². The molecule has 184 valence electrons. The third-order valence-electron chi connectivity index (χ3n) is 7.43. The number of benzene rings is 2. The molecule has 0 atom stereocenters. The van der Waals surface area contributed by atoms with Gasteiger partial charge in [-0.25, -0.2) is 4.98 Å². The number of hydrogen-bond acceptors (Lipinski definition) is 5. The van der Waals surface area contributed by atoms with E-state index in [0.717, 1.165) is 85.8 Å². The molecule has 1 N–H and O–H groups in total. The van der Waals surface area contributed by atoms with Crippen LogP contribution in [-0.2, 0) is 25.9 Å². The summed E-state index contributed by atoms with van der Waals surface area (Å²) in [5.74, 6) is 2.47. The molecule has 0 radical (unpaired) electrons. The van der Waals surface area contributed by atoms with Crippen LogP contribution in [0.1, 0.15) is 66.1 Å². The summed E-state index contributed by atoms with van der Waals surface area (Å²) in [4.78, 5) is 31.1. The number of aryl methyl sites for hydroxylation is 3. The number of aromatic nitrogens is 5. The van der Waals surface area contributed by atoms with Crippen LogP contribution in [0.15, 0.2) is 41.2 Å². The molecule has 0 bridgehead atoms. The summed E-state index contributed by atoms with van der Waals surface area (Å²) < 4.78 is 4.01. The number of anilines is 1. The maximum absolute atomic E-state index is 13.3. The molecule has 1 amide bonds. The highest BCUT2D eigenvalue weighted by Gasteiger charge is 2.19. The highest BCUT2D eigenvalue weighted by atomic mass is 16.1. The minimum Gasteiger partial charge on any atom is -0.322 e. The standard InChI is InChI=1S/C28H30N6O2/c1-18-10-11-19(26-32-31-25-9-5-3-6-14-33(25)26)16-22(18)30-27(35)20-12-13-21-23(17-20)29-24-8-4-2-7-15-34(24)28(21)36/h10-13,16-17H,2-9,14-15H2,1H3,(H,30,35). The molecule has 0 saturated heterocycles. The van der Waals surface area contributed by atoms with Crippen molar-refractivity contribution >= 4 is 22.5 Å². The van der Waals surface area contributed by atoms with Gasteiger partial charge in [-0.1, -0.05) is 25.0 Å². The van der Waals surface area contributed by atoms with Gasteiger partial charge in [0.25, 0.3) is 11.5 Å². The van der Waals surface area contributed by atoms with Crippen molar-refractivity contribution in [3.05, 3.63) is 69.5 Å². The molecule has 2 aromatic carbocycles. The lowest BCUT2D eigenvalue weighted by atomic mass is 10.1. The Balaban J connectivity index is 1.31. The van der Waals surface area contributed by atoms with E-state index in [4.69, 9.17) is 4.98 Å². The fourth-order valence-corrected chi connectivity index (χ4v) is 5.35. The summed E-state index contributed by atoms with van der Waals surface area (Å²) in [7, 11) is 0. The largest absolute Gasteiger partial charge is 0.322 e. The molecule has 2 aliphatic heterocycles. The zero-order valence-electron chi connectivity index (χ0n) is 20.6. The van der Waals surface area contributed by atoms with Crippen molar-refractivity contribution in [3.8, 4) is 11.4 Å². The molecule has 6 rings (SSSR count). The summed E-state index contributed by atoms with van der Waals surface area (Å²) >= 11 is 0. The van der Waals surface area contributed by atoms with Crippen molar-refractivity contribution in [2.75, 3.05) is 5.32 Å². The summed E-state index contributed by atoms with van der Waals surface area (Å²) in [5, 5.41) is 12.5. The molecule has 8 nitrogen and oxygen atoms in total. The number of amides is 1. The van der Waals surface area contributed by atoms with Gasteiger partial charge in [0.2, 0.25) is 0 Å². The molecule has 0 spiro atoms. The quantitative estimate of drug-likeness (QED) is 0.458. The fraction of sp³-hybridized carbons (Fsp3) is 0.393. The van der Waals surface area contributed by atoms with E-state index in [2.05, 4.69) is 20.1 Å². The fourth-order valence-electron chi connectivity index (χ4n) is 5.35. The van der Waals surface area contributed by atoms with Gasteiger partial charge in [0.1, 0.15) is 11.6 Å². The van der Waals surface area contributed by atoms with Gasteiger partial charge >= 0.3 is 0 Å². The van der Waals surface area contributed by atoms with Crippen molar-refractivity contribution in [1.29, 1.82) is 0 Å². The molecule has 36 heavy (non-hydrogen) atoms. The summed E-state index contributed by atoms with van der Waals surface area (Å²) in [5.41, 5.74) is 3.68. The Labute approximate surface area is 209 Å². The average molecular weight is 483 g/mol. The number of hydrogen-bond donors (Lipinski definition) is 1.